The van der Waals surface area contributed by atoms with E-state index < -0.39 is 0 Å². The fraction of sp³-hybridized carbons (Fsp3) is 0.391. The molecule has 0 radical (unpaired) electrons. The second-order valence-electron chi connectivity index (χ2n) is 8.01. The van der Waals surface area contributed by atoms with E-state index in [0.717, 1.165) is 37.1 Å². The first kappa shape index (κ1) is 19.1. The number of hydrogen-bond donors (Lipinski definition) is 2. The van der Waals surface area contributed by atoms with Crippen LogP contribution >= 0.6 is 11.3 Å². The summed E-state index contributed by atoms with van der Waals surface area (Å²) in [6, 6.07) is 16.5. The molecule has 1 amide bonds. The lowest BCUT2D eigenvalue weighted by atomic mass is 9.97. The van der Waals surface area contributed by atoms with Gasteiger partial charge in [-0.15, -0.1) is 11.3 Å². The van der Waals surface area contributed by atoms with Crippen LogP contribution in [0, 0.1) is 0 Å². The first-order chi connectivity index (χ1) is 13.6. The van der Waals surface area contributed by atoms with Gasteiger partial charge in [0.25, 0.3) is 5.91 Å². The summed E-state index contributed by atoms with van der Waals surface area (Å²) in [4.78, 5) is 18.8. The van der Waals surface area contributed by atoms with Gasteiger partial charge in [-0.25, -0.2) is 4.98 Å². The molecule has 0 atom stereocenters. The number of amides is 1. The van der Waals surface area contributed by atoms with Gasteiger partial charge in [0.1, 0.15) is 0 Å². The Hall–Kier alpha value is -2.24. The molecule has 146 valence electrons. The van der Waals surface area contributed by atoms with Gasteiger partial charge < -0.3 is 10.2 Å². The van der Waals surface area contributed by atoms with Crippen molar-refractivity contribution in [2.24, 2.45) is 0 Å². The van der Waals surface area contributed by atoms with Crippen molar-refractivity contribution >= 4 is 33.1 Å². The van der Waals surface area contributed by atoms with Crippen LogP contribution in [0.3, 0.4) is 0 Å². The molecule has 1 aliphatic rings. The molecule has 2 aromatic carbocycles. The van der Waals surface area contributed by atoms with E-state index in [4.69, 9.17) is 4.98 Å². The molecule has 3 aromatic rings. The van der Waals surface area contributed by atoms with E-state index >= 15 is 0 Å². The number of nitrogens with one attached hydrogen (secondary N) is 2. The summed E-state index contributed by atoms with van der Waals surface area (Å²) >= 11 is 1.83. The third-order valence-corrected chi connectivity index (χ3v) is 6.82. The van der Waals surface area contributed by atoms with E-state index in [1.807, 2.05) is 29.5 Å². The van der Waals surface area contributed by atoms with Crippen molar-refractivity contribution in [3.05, 3.63) is 59.1 Å². The van der Waals surface area contributed by atoms with Crippen LogP contribution in [-0.4, -0.2) is 30.5 Å². The van der Waals surface area contributed by atoms with Crippen LogP contribution in [-0.2, 0) is 4.79 Å². The van der Waals surface area contributed by atoms with Crippen LogP contribution in [0.5, 0.6) is 0 Å². The molecular formula is C23H28N3OS+. The number of fused-ring (bicyclic) bond motifs is 1. The third kappa shape index (κ3) is 4.26. The van der Waals surface area contributed by atoms with E-state index in [1.165, 1.54) is 20.2 Å². The Balaban J connectivity index is 1.32. The van der Waals surface area contributed by atoms with E-state index in [-0.39, 0.29) is 5.91 Å². The number of aromatic nitrogens is 1. The van der Waals surface area contributed by atoms with Gasteiger partial charge in [-0.3, -0.25) is 4.79 Å². The summed E-state index contributed by atoms with van der Waals surface area (Å²) < 4.78 is 1.27. The number of likely N-dealkylation sites (tertiary alicyclic amines) is 1. The maximum Gasteiger partial charge on any atom is 0.279 e. The van der Waals surface area contributed by atoms with Gasteiger partial charge in [0.05, 0.1) is 28.3 Å². The van der Waals surface area contributed by atoms with Crippen LogP contribution in [0.1, 0.15) is 49.1 Å². The van der Waals surface area contributed by atoms with Gasteiger partial charge >= 0.3 is 0 Å². The zero-order chi connectivity index (χ0) is 19.5. The van der Waals surface area contributed by atoms with E-state index in [2.05, 4.69) is 49.5 Å². The third-order valence-electron chi connectivity index (χ3n) is 5.62. The van der Waals surface area contributed by atoms with E-state index in [0.29, 0.717) is 18.4 Å². The minimum absolute atomic E-state index is 0.113. The average molecular weight is 395 g/mol. The molecule has 1 saturated heterocycles. The first-order valence-electron chi connectivity index (χ1n) is 10.2. The molecule has 1 aromatic heterocycles. The maximum atomic E-state index is 12.6. The number of benzene rings is 2. The summed E-state index contributed by atoms with van der Waals surface area (Å²) in [6.45, 7) is 6.91. The topological polar surface area (TPSA) is 46.4 Å². The van der Waals surface area contributed by atoms with Crippen molar-refractivity contribution in [1.82, 2.24) is 4.98 Å². The smallest absolute Gasteiger partial charge is 0.279 e. The molecule has 1 aliphatic heterocycles. The summed E-state index contributed by atoms with van der Waals surface area (Å²) in [6.07, 6.45) is 2.20. The number of rotatable bonds is 5. The highest BCUT2D eigenvalue weighted by atomic mass is 32.1. The predicted octanol–water partition coefficient (Wildman–Crippen LogP) is 3.82. The highest BCUT2D eigenvalue weighted by molar-refractivity contribution is 7.18. The molecular weight excluding hydrogens is 366 g/mol. The zero-order valence-corrected chi connectivity index (χ0v) is 17.4. The largest absolute Gasteiger partial charge is 0.327 e. The fourth-order valence-corrected chi connectivity index (χ4v) is 5.19. The van der Waals surface area contributed by atoms with Crippen molar-refractivity contribution < 1.29 is 9.69 Å². The Labute approximate surface area is 170 Å². The number of carbonyl (C=O) groups excluding carboxylic acids is 1. The second kappa shape index (κ2) is 8.41. The van der Waals surface area contributed by atoms with Gasteiger partial charge in [-0.2, -0.15) is 0 Å². The number of para-hydroxylation sites is 2. The number of hydrogen-bond acceptors (Lipinski definition) is 3. The van der Waals surface area contributed by atoms with Crippen molar-refractivity contribution in [2.75, 3.05) is 25.0 Å². The number of carbonyl (C=O) groups is 1. The Bertz CT molecular complexity index is 924. The summed E-state index contributed by atoms with van der Waals surface area (Å²) in [7, 11) is 0. The second-order valence-corrected chi connectivity index (χ2v) is 9.07. The number of quaternary nitrogens is 1. The first-order valence-corrected chi connectivity index (χ1v) is 11.0. The molecule has 2 heterocycles. The van der Waals surface area contributed by atoms with Crippen molar-refractivity contribution in [3.8, 4) is 0 Å². The van der Waals surface area contributed by atoms with Gasteiger partial charge in [0.15, 0.2) is 6.54 Å². The Morgan fingerprint density at radius 2 is 1.86 bits per heavy atom. The Kier molecular flexibility index (Phi) is 5.74. The minimum atomic E-state index is 0.113. The van der Waals surface area contributed by atoms with E-state index in [1.54, 1.807) is 0 Å². The quantitative estimate of drug-likeness (QED) is 0.691. The molecule has 0 spiro atoms. The number of anilines is 1. The molecule has 0 aliphatic carbocycles. The lowest BCUT2D eigenvalue weighted by Gasteiger charge is -2.28. The lowest BCUT2D eigenvalue weighted by molar-refractivity contribution is -0.897. The Morgan fingerprint density at radius 1 is 1.14 bits per heavy atom. The molecule has 4 nitrogen and oxygen atoms in total. The van der Waals surface area contributed by atoms with Crippen molar-refractivity contribution in [3.63, 3.8) is 0 Å². The van der Waals surface area contributed by atoms with Gasteiger partial charge in [-0.1, -0.05) is 44.2 Å². The maximum absolute atomic E-state index is 12.6. The highest BCUT2D eigenvalue weighted by Crippen LogP contribution is 2.31. The van der Waals surface area contributed by atoms with Crippen LogP contribution in [0.15, 0.2) is 48.5 Å². The predicted molar refractivity (Wildman–Crippen MR) is 116 cm³/mol. The van der Waals surface area contributed by atoms with Crippen LogP contribution in [0.2, 0.25) is 0 Å². The molecule has 0 bridgehead atoms. The Morgan fingerprint density at radius 3 is 2.61 bits per heavy atom. The van der Waals surface area contributed by atoms with Crippen LogP contribution < -0.4 is 10.2 Å². The summed E-state index contributed by atoms with van der Waals surface area (Å²) in [5, 5.41) is 4.39. The van der Waals surface area contributed by atoms with Crippen LogP contribution in [0.4, 0.5) is 5.69 Å². The minimum Gasteiger partial charge on any atom is -0.327 e. The molecule has 0 saturated carbocycles. The molecule has 1 fully saturated rings. The molecule has 0 unspecified atom stereocenters. The lowest BCUT2D eigenvalue weighted by Crippen LogP contribution is -3.14. The van der Waals surface area contributed by atoms with E-state index in [9.17, 15) is 4.79 Å². The number of nitrogens with zero attached hydrogens (tertiary/aromatic N) is 1. The summed E-state index contributed by atoms with van der Waals surface area (Å²) in [5.74, 6) is 1.04. The fourth-order valence-electron chi connectivity index (χ4n) is 4.05. The highest BCUT2D eigenvalue weighted by Gasteiger charge is 2.27. The molecule has 2 N–H and O–H groups in total. The molecule has 4 rings (SSSR count). The van der Waals surface area contributed by atoms with Gasteiger partial charge in [0, 0.05) is 24.4 Å². The van der Waals surface area contributed by atoms with Crippen molar-refractivity contribution in [2.45, 2.75) is 38.5 Å². The van der Waals surface area contributed by atoms with Crippen molar-refractivity contribution in [1.29, 1.82) is 0 Å². The van der Waals surface area contributed by atoms with Crippen LogP contribution in [0.25, 0.3) is 10.2 Å². The zero-order valence-electron chi connectivity index (χ0n) is 16.6. The number of piperidine rings is 1. The number of thiazole rings is 1. The average Bonchev–Trinajstić information content (AvgIpc) is 3.13. The monoisotopic (exact) mass is 394 g/mol. The summed E-state index contributed by atoms with van der Waals surface area (Å²) in [5.41, 5.74) is 3.26. The molecule has 5 heteroatoms. The normalized spacial score (nSPS) is 19.8. The SMILES string of the molecule is CC(C)c1ccccc1NC(=O)C[NH+]1CCC(c2nc3ccccc3s2)CC1. The molecule has 28 heavy (non-hydrogen) atoms. The van der Waals surface area contributed by atoms with Gasteiger partial charge in [-0.05, 0) is 29.7 Å². The standard InChI is InChI=1S/C23H27N3OS/c1-16(2)18-7-3-4-8-19(18)24-22(27)15-26-13-11-17(12-14-26)23-25-20-9-5-6-10-21(20)28-23/h3-10,16-17H,11-15H2,1-2H3,(H,24,27)/p+1. The van der Waals surface area contributed by atoms with Gasteiger partial charge in [0.2, 0.25) is 0 Å².